The number of rotatable bonds is 5. The van der Waals surface area contributed by atoms with E-state index in [1.807, 2.05) is 24.3 Å². The van der Waals surface area contributed by atoms with Crippen LogP contribution < -0.4 is 24.3 Å². The number of aromatic nitrogens is 3. The number of anilines is 1. The van der Waals surface area contributed by atoms with Crippen molar-refractivity contribution in [3.63, 3.8) is 0 Å². The van der Waals surface area contributed by atoms with Gasteiger partial charge in [0, 0.05) is 29.6 Å². The van der Waals surface area contributed by atoms with Crippen molar-refractivity contribution in [2.75, 3.05) is 26.3 Å². The molecule has 1 aliphatic rings. The summed E-state index contributed by atoms with van der Waals surface area (Å²) in [4.78, 5) is 17.1. The second kappa shape index (κ2) is 7.52. The van der Waals surface area contributed by atoms with Crippen LogP contribution in [0, 0.1) is 0 Å². The van der Waals surface area contributed by atoms with Gasteiger partial charge in [-0.15, -0.1) is 0 Å². The van der Waals surface area contributed by atoms with Crippen molar-refractivity contribution in [2.45, 2.75) is 0 Å². The summed E-state index contributed by atoms with van der Waals surface area (Å²) < 4.78 is 23.0. The van der Waals surface area contributed by atoms with E-state index in [0.29, 0.717) is 34.3 Å². The Bertz CT molecular complexity index is 1300. The SMILES string of the molecule is COc1ccc(-c2ccnc3cc(C(=O)Nc4ccc5c(c4)OCO5)nn23)cc1OC. The third-order valence-corrected chi connectivity index (χ3v) is 4.90. The highest BCUT2D eigenvalue weighted by Crippen LogP contribution is 2.34. The topological polar surface area (TPSA) is 96.2 Å². The van der Waals surface area contributed by atoms with Gasteiger partial charge in [-0.25, -0.2) is 9.50 Å². The highest BCUT2D eigenvalue weighted by Gasteiger charge is 2.18. The number of fused-ring (bicyclic) bond motifs is 2. The molecule has 1 N–H and O–H groups in total. The highest BCUT2D eigenvalue weighted by atomic mass is 16.7. The molecule has 1 amide bonds. The predicted molar refractivity (Wildman–Crippen MR) is 112 cm³/mol. The minimum Gasteiger partial charge on any atom is -0.493 e. The van der Waals surface area contributed by atoms with Crippen molar-refractivity contribution in [3.8, 4) is 34.3 Å². The van der Waals surface area contributed by atoms with Gasteiger partial charge in [0.25, 0.3) is 5.91 Å². The first-order valence-corrected chi connectivity index (χ1v) is 9.44. The number of nitrogens with zero attached hydrogens (tertiary/aromatic N) is 3. The van der Waals surface area contributed by atoms with Crippen LogP contribution in [0.4, 0.5) is 5.69 Å². The monoisotopic (exact) mass is 418 g/mol. The lowest BCUT2D eigenvalue weighted by Gasteiger charge is -2.10. The molecule has 0 saturated heterocycles. The van der Waals surface area contributed by atoms with Crippen LogP contribution in [0.25, 0.3) is 16.9 Å². The molecule has 9 heteroatoms. The number of benzene rings is 2. The number of carbonyl (C=O) groups excluding carboxylic acids is 1. The van der Waals surface area contributed by atoms with Crippen molar-refractivity contribution in [3.05, 3.63) is 60.4 Å². The van der Waals surface area contributed by atoms with Crippen molar-refractivity contribution in [1.82, 2.24) is 14.6 Å². The van der Waals surface area contributed by atoms with Gasteiger partial charge < -0.3 is 24.3 Å². The Morgan fingerprint density at radius 1 is 1.00 bits per heavy atom. The van der Waals surface area contributed by atoms with E-state index in [-0.39, 0.29) is 18.4 Å². The molecule has 0 bridgehead atoms. The third kappa shape index (κ3) is 3.35. The second-order valence-electron chi connectivity index (χ2n) is 6.72. The van der Waals surface area contributed by atoms with Crippen LogP contribution in [-0.4, -0.2) is 41.5 Å². The fourth-order valence-electron chi connectivity index (χ4n) is 3.39. The molecule has 0 aliphatic carbocycles. The highest BCUT2D eigenvalue weighted by molar-refractivity contribution is 6.03. The molecule has 156 valence electrons. The molecule has 2 aromatic carbocycles. The normalized spacial score (nSPS) is 12.1. The number of ether oxygens (including phenoxy) is 4. The Hall–Kier alpha value is -4.27. The van der Waals surface area contributed by atoms with E-state index in [4.69, 9.17) is 18.9 Å². The molecule has 2 aromatic heterocycles. The standard InChI is InChI=1S/C22H18N4O5/c1-28-17-5-3-13(9-19(17)29-2)16-7-8-23-21-11-15(25-26(16)21)22(27)24-14-4-6-18-20(10-14)31-12-30-18/h3-11H,12H2,1-2H3,(H,24,27). The smallest absolute Gasteiger partial charge is 0.276 e. The van der Waals surface area contributed by atoms with E-state index in [0.717, 1.165) is 11.3 Å². The lowest BCUT2D eigenvalue weighted by Crippen LogP contribution is -2.12. The van der Waals surface area contributed by atoms with Crippen LogP contribution in [0.3, 0.4) is 0 Å². The first kappa shape index (κ1) is 18.7. The average Bonchev–Trinajstić information content (AvgIpc) is 3.45. The lowest BCUT2D eigenvalue weighted by atomic mass is 10.1. The summed E-state index contributed by atoms with van der Waals surface area (Å²) in [6, 6.07) is 14.2. The number of carbonyl (C=O) groups is 1. The number of hydrogen-bond acceptors (Lipinski definition) is 7. The molecule has 0 radical (unpaired) electrons. The van der Waals surface area contributed by atoms with Gasteiger partial charge in [0.15, 0.2) is 34.3 Å². The van der Waals surface area contributed by atoms with Crippen LogP contribution in [-0.2, 0) is 0 Å². The molecule has 5 rings (SSSR count). The van der Waals surface area contributed by atoms with E-state index in [9.17, 15) is 4.79 Å². The van der Waals surface area contributed by atoms with Gasteiger partial charge in [0.2, 0.25) is 6.79 Å². The largest absolute Gasteiger partial charge is 0.493 e. The minimum atomic E-state index is -0.359. The maximum Gasteiger partial charge on any atom is 0.276 e. The van der Waals surface area contributed by atoms with Crippen LogP contribution in [0.15, 0.2) is 54.7 Å². The zero-order valence-electron chi connectivity index (χ0n) is 16.8. The number of methoxy groups -OCH3 is 2. The summed E-state index contributed by atoms with van der Waals surface area (Å²) in [5, 5.41) is 7.30. The molecule has 0 atom stereocenters. The predicted octanol–water partition coefficient (Wildman–Crippen LogP) is 3.39. The van der Waals surface area contributed by atoms with Gasteiger partial charge in [-0.1, -0.05) is 0 Å². The van der Waals surface area contributed by atoms with E-state index in [1.54, 1.807) is 49.2 Å². The van der Waals surface area contributed by atoms with E-state index < -0.39 is 0 Å². The van der Waals surface area contributed by atoms with Gasteiger partial charge in [0.05, 0.1) is 19.9 Å². The molecule has 3 heterocycles. The van der Waals surface area contributed by atoms with Crippen LogP contribution in [0.1, 0.15) is 10.5 Å². The molecule has 0 spiro atoms. The lowest BCUT2D eigenvalue weighted by molar-refractivity contribution is 0.102. The zero-order valence-corrected chi connectivity index (χ0v) is 16.8. The Kier molecular flexibility index (Phi) is 4.55. The van der Waals surface area contributed by atoms with Crippen molar-refractivity contribution in [2.24, 2.45) is 0 Å². The molecule has 31 heavy (non-hydrogen) atoms. The summed E-state index contributed by atoms with van der Waals surface area (Å²) in [5.74, 6) is 2.10. The molecule has 9 nitrogen and oxygen atoms in total. The molecule has 1 aliphatic heterocycles. The van der Waals surface area contributed by atoms with E-state index >= 15 is 0 Å². The summed E-state index contributed by atoms with van der Waals surface area (Å²) in [6.07, 6.45) is 1.67. The second-order valence-corrected chi connectivity index (χ2v) is 6.72. The minimum absolute atomic E-state index is 0.170. The molecule has 0 fully saturated rings. The maximum atomic E-state index is 12.8. The summed E-state index contributed by atoms with van der Waals surface area (Å²) >= 11 is 0. The Labute approximate surface area is 177 Å². The summed E-state index contributed by atoms with van der Waals surface area (Å²) in [5.41, 5.74) is 2.96. The van der Waals surface area contributed by atoms with Crippen LogP contribution >= 0.6 is 0 Å². The van der Waals surface area contributed by atoms with Crippen molar-refractivity contribution < 1.29 is 23.7 Å². The van der Waals surface area contributed by atoms with Gasteiger partial charge in [-0.3, -0.25) is 4.79 Å². The van der Waals surface area contributed by atoms with Crippen LogP contribution in [0.2, 0.25) is 0 Å². The Balaban J connectivity index is 1.47. The number of nitrogens with one attached hydrogen (secondary N) is 1. The number of hydrogen-bond donors (Lipinski definition) is 1. The first-order chi connectivity index (χ1) is 15.2. The Morgan fingerprint density at radius 2 is 1.84 bits per heavy atom. The van der Waals surface area contributed by atoms with Crippen molar-refractivity contribution >= 4 is 17.2 Å². The molecular weight excluding hydrogens is 400 g/mol. The summed E-state index contributed by atoms with van der Waals surface area (Å²) in [6.45, 7) is 0.170. The van der Waals surface area contributed by atoms with Gasteiger partial charge >= 0.3 is 0 Å². The van der Waals surface area contributed by atoms with E-state index in [1.165, 1.54) is 0 Å². The zero-order chi connectivity index (χ0) is 21.4. The fraction of sp³-hybridized carbons (Fsp3) is 0.136. The molecule has 4 aromatic rings. The molecule has 0 saturated carbocycles. The average molecular weight is 418 g/mol. The van der Waals surface area contributed by atoms with Gasteiger partial charge in [0.1, 0.15) is 0 Å². The fourth-order valence-corrected chi connectivity index (χ4v) is 3.39. The maximum absolute atomic E-state index is 12.8. The van der Waals surface area contributed by atoms with Gasteiger partial charge in [-0.05, 0) is 36.4 Å². The summed E-state index contributed by atoms with van der Waals surface area (Å²) in [7, 11) is 3.16. The molecular formula is C22H18N4O5. The Morgan fingerprint density at radius 3 is 2.68 bits per heavy atom. The van der Waals surface area contributed by atoms with Crippen molar-refractivity contribution in [1.29, 1.82) is 0 Å². The van der Waals surface area contributed by atoms with Gasteiger partial charge in [-0.2, -0.15) is 5.10 Å². The third-order valence-electron chi connectivity index (χ3n) is 4.90. The molecule has 0 unspecified atom stereocenters. The quantitative estimate of drug-likeness (QED) is 0.531. The van der Waals surface area contributed by atoms with Crippen LogP contribution in [0.5, 0.6) is 23.0 Å². The first-order valence-electron chi connectivity index (χ1n) is 9.44. The van der Waals surface area contributed by atoms with E-state index in [2.05, 4.69) is 15.4 Å². The number of amides is 1.